The Morgan fingerprint density at radius 2 is 1.61 bits per heavy atom. The number of hydrogen-bond acceptors (Lipinski definition) is 4. The van der Waals surface area contributed by atoms with Crippen LogP contribution < -0.4 is 0 Å². The molecule has 1 amide bonds. The number of piperidine rings is 1. The van der Waals surface area contributed by atoms with Gasteiger partial charge in [0.15, 0.2) is 0 Å². The number of benzene rings is 1. The lowest BCUT2D eigenvalue weighted by atomic mass is 9.95. The molecule has 2 aliphatic heterocycles. The largest absolute Gasteiger partial charge is 0.339 e. The predicted octanol–water partition coefficient (Wildman–Crippen LogP) is 2.75. The lowest BCUT2D eigenvalue weighted by molar-refractivity contribution is 0.0629. The number of rotatable bonds is 5. The smallest absolute Gasteiger partial charge is 0.255 e. The van der Waals surface area contributed by atoms with E-state index in [0.29, 0.717) is 11.5 Å². The zero-order valence-corrected chi connectivity index (χ0v) is 16.5. The molecule has 0 saturated carbocycles. The Balaban J connectivity index is 1.18. The van der Waals surface area contributed by atoms with E-state index in [1.807, 2.05) is 17.0 Å². The van der Waals surface area contributed by atoms with Crippen LogP contribution in [-0.4, -0.2) is 71.4 Å². The molecule has 0 radical (unpaired) electrons. The van der Waals surface area contributed by atoms with Gasteiger partial charge in [-0.25, -0.2) is 0 Å². The summed E-state index contributed by atoms with van der Waals surface area (Å²) in [7, 11) is 0. The fourth-order valence-corrected chi connectivity index (χ4v) is 4.33. The highest BCUT2D eigenvalue weighted by atomic mass is 16.2. The van der Waals surface area contributed by atoms with Crippen molar-refractivity contribution in [3.05, 3.63) is 66.0 Å². The monoisotopic (exact) mass is 378 g/mol. The summed E-state index contributed by atoms with van der Waals surface area (Å²) in [4.78, 5) is 23.8. The molecule has 148 valence electrons. The number of likely N-dealkylation sites (tertiary alicyclic amines) is 1. The zero-order chi connectivity index (χ0) is 19.2. The maximum atomic E-state index is 12.6. The van der Waals surface area contributed by atoms with E-state index in [4.69, 9.17) is 0 Å². The Labute approximate surface area is 168 Å². The van der Waals surface area contributed by atoms with Crippen LogP contribution in [-0.2, 0) is 6.54 Å². The molecule has 4 rings (SSSR count). The minimum absolute atomic E-state index is 0.126. The molecule has 0 N–H and O–H groups in total. The first-order valence-corrected chi connectivity index (χ1v) is 10.5. The Bertz CT molecular complexity index is 736. The summed E-state index contributed by atoms with van der Waals surface area (Å²) in [5.41, 5.74) is 2.11. The number of carbonyl (C=O) groups is 1. The second-order valence-corrected chi connectivity index (χ2v) is 8.04. The average molecular weight is 379 g/mol. The molecule has 2 aliphatic rings. The highest BCUT2D eigenvalue weighted by Gasteiger charge is 2.26. The summed E-state index contributed by atoms with van der Waals surface area (Å²) >= 11 is 0. The van der Waals surface area contributed by atoms with Gasteiger partial charge < -0.3 is 9.80 Å². The summed E-state index contributed by atoms with van der Waals surface area (Å²) in [5.74, 6) is 0.833. The molecule has 2 aromatic rings. The van der Waals surface area contributed by atoms with E-state index in [2.05, 4.69) is 45.1 Å². The molecule has 1 aromatic carbocycles. The summed E-state index contributed by atoms with van der Waals surface area (Å²) in [5, 5.41) is 0. The fraction of sp³-hybridized carbons (Fsp3) is 0.478. The van der Waals surface area contributed by atoms with Crippen molar-refractivity contribution in [2.45, 2.75) is 19.4 Å². The minimum Gasteiger partial charge on any atom is -0.339 e. The highest BCUT2D eigenvalue weighted by molar-refractivity contribution is 5.93. The second-order valence-electron chi connectivity index (χ2n) is 8.04. The zero-order valence-electron chi connectivity index (χ0n) is 16.5. The molecule has 1 aromatic heterocycles. The first kappa shape index (κ1) is 19.1. The first-order valence-electron chi connectivity index (χ1n) is 10.5. The van der Waals surface area contributed by atoms with Crippen molar-refractivity contribution in [2.24, 2.45) is 5.92 Å². The molecular formula is C23H30N4O. The molecule has 5 heteroatoms. The van der Waals surface area contributed by atoms with Crippen molar-refractivity contribution in [3.8, 4) is 0 Å². The molecular weight excluding hydrogens is 348 g/mol. The number of aromatic nitrogens is 1. The molecule has 0 aliphatic carbocycles. The Morgan fingerprint density at radius 3 is 2.29 bits per heavy atom. The van der Waals surface area contributed by atoms with E-state index in [0.717, 1.165) is 58.7 Å². The van der Waals surface area contributed by atoms with E-state index in [1.54, 1.807) is 12.4 Å². The molecule has 0 unspecified atom stereocenters. The highest BCUT2D eigenvalue weighted by Crippen LogP contribution is 2.21. The van der Waals surface area contributed by atoms with E-state index < -0.39 is 0 Å². The van der Waals surface area contributed by atoms with Crippen LogP contribution in [0.1, 0.15) is 28.8 Å². The van der Waals surface area contributed by atoms with E-state index >= 15 is 0 Å². The third kappa shape index (κ3) is 4.97. The van der Waals surface area contributed by atoms with Crippen molar-refractivity contribution in [3.63, 3.8) is 0 Å². The molecule has 0 spiro atoms. The number of piperazine rings is 1. The van der Waals surface area contributed by atoms with E-state index in [1.165, 1.54) is 12.1 Å². The van der Waals surface area contributed by atoms with Crippen LogP contribution in [0.4, 0.5) is 0 Å². The summed E-state index contributed by atoms with van der Waals surface area (Å²) in [6.07, 6.45) is 5.60. The van der Waals surface area contributed by atoms with Crippen molar-refractivity contribution < 1.29 is 4.79 Å². The molecule has 2 fully saturated rings. The van der Waals surface area contributed by atoms with Crippen molar-refractivity contribution >= 4 is 5.91 Å². The topological polar surface area (TPSA) is 39.7 Å². The van der Waals surface area contributed by atoms with Gasteiger partial charge in [-0.1, -0.05) is 30.3 Å². The standard InChI is InChI=1S/C23H30N4O/c28-23(22-7-4-10-24-17-22)27-11-8-21(9-12-27)19-26-15-13-25(14-16-26)18-20-5-2-1-3-6-20/h1-7,10,17,21H,8-9,11-16,18-19H2. The van der Waals surface area contributed by atoms with Gasteiger partial charge in [0.2, 0.25) is 0 Å². The summed E-state index contributed by atoms with van der Waals surface area (Å²) in [6.45, 7) is 8.57. The van der Waals surface area contributed by atoms with Crippen molar-refractivity contribution in [1.82, 2.24) is 19.7 Å². The van der Waals surface area contributed by atoms with Crippen LogP contribution in [0.15, 0.2) is 54.9 Å². The van der Waals surface area contributed by atoms with E-state index in [9.17, 15) is 4.79 Å². The first-order chi connectivity index (χ1) is 13.8. The van der Waals surface area contributed by atoms with Crippen LogP contribution in [0.25, 0.3) is 0 Å². The second kappa shape index (κ2) is 9.30. The summed E-state index contributed by atoms with van der Waals surface area (Å²) in [6, 6.07) is 14.4. The van der Waals surface area contributed by atoms with Gasteiger partial charge in [0, 0.05) is 64.8 Å². The lowest BCUT2D eigenvalue weighted by Crippen LogP contribution is -2.48. The number of carbonyl (C=O) groups excluding carboxylic acids is 1. The normalized spacial score (nSPS) is 19.6. The van der Waals surface area contributed by atoms with Crippen LogP contribution in [0, 0.1) is 5.92 Å². The lowest BCUT2D eigenvalue weighted by Gasteiger charge is -2.39. The SMILES string of the molecule is O=C(c1cccnc1)N1CCC(CN2CCN(Cc3ccccc3)CC2)CC1. The average Bonchev–Trinajstić information content (AvgIpc) is 2.76. The number of pyridine rings is 1. The van der Waals surface area contributed by atoms with Crippen molar-refractivity contribution in [2.75, 3.05) is 45.8 Å². The Kier molecular flexibility index (Phi) is 6.34. The van der Waals surface area contributed by atoms with Gasteiger partial charge in [-0.05, 0) is 36.5 Å². The quantitative estimate of drug-likeness (QED) is 0.802. The Morgan fingerprint density at radius 1 is 0.893 bits per heavy atom. The minimum atomic E-state index is 0.126. The van der Waals surface area contributed by atoms with Crippen LogP contribution in [0.3, 0.4) is 0 Å². The van der Waals surface area contributed by atoms with Crippen LogP contribution in [0.5, 0.6) is 0 Å². The van der Waals surface area contributed by atoms with Gasteiger partial charge in [0.05, 0.1) is 5.56 Å². The van der Waals surface area contributed by atoms with Gasteiger partial charge in [0.25, 0.3) is 5.91 Å². The Hall–Kier alpha value is -2.24. The predicted molar refractivity (Wildman–Crippen MR) is 111 cm³/mol. The summed E-state index contributed by atoms with van der Waals surface area (Å²) < 4.78 is 0. The maximum absolute atomic E-state index is 12.6. The van der Waals surface area contributed by atoms with Gasteiger partial charge in [0.1, 0.15) is 0 Å². The number of nitrogens with zero attached hydrogens (tertiary/aromatic N) is 4. The van der Waals surface area contributed by atoms with Gasteiger partial charge in [-0.3, -0.25) is 14.7 Å². The maximum Gasteiger partial charge on any atom is 0.255 e. The molecule has 28 heavy (non-hydrogen) atoms. The van der Waals surface area contributed by atoms with Crippen LogP contribution in [0.2, 0.25) is 0 Å². The molecule has 0 atom stereocenters. The number of amides is 1. The van der Waals surface area contributed by atoms with Gasteiger partial charge in [-0.15, -0.1) is 0 Å². The molecule has 5 nitrogen and oxygen atoms in total. The van der Waals surface area contributed by atoms with Crippen molar-refractivity contribution in [1.29, 1.82) is 0 Å². The fourth-order valence-electron chi connectivity index (χ4n) is 4.33. The molecule has 2 saturated heterocycles. The van der Waals surface area contributed by atoms with Gasteiger partial charge in [-0.2, -0.15) is 0 Å². The third-order valence-corrected chi connectivity index (χ3v) is 6.04. The third-order valence-electron chi connectivity index (χ3n) is 6.04. The van der Waals surface area contributed by atoms with Gasteiger partial charge >= 0.3 is 0 Å². The van der Waals surface area contributed by atoms with Crippen LogP contribution >= 0.6 is 0 Å². The number of hydrogen-bond donors (Lipinski definition) is 0. The molecule has 0 bridgehead atoms. The van der Waals surface area contributed by atoms with E-state index in [-0.39, 0.29) is 5.91 Å². The molecule has 3 heterocycles.